The van der Waals surface area contributed by atoms with Crippen LogP contribution in [0.15, 0.2) is 24.3 Å². The molecule has 2 fully saturated rings. The van der Waals surface area contributed by atoms with Crippen molar-refractivity contribution in [1.29, 1.82) is 0 Å². The highest BCUT2D eigenvalue weighted by Crippen LogP contribution is 2.36. The first-order valence-corrected chi connectivity index (χ1v) is 10.5. The molecule has 0 N–H and O–H groups in total. The molecule has 1 aromatic carbocycles. The quantitative estimate of drug-likeness (QED) is 0.620. The number of rotatable bonds is 8. The molecule has 0 saturated carbocycles. The molecule has 1 aromatic rings. The summed E-state index contributed by atoms with van der Waals surface area (Å²) in [4.78, 5) is 33.2. The highest BCUT2D eigenvalue weighted by atomic mass is 16.7. The lowest BCUT2D eigenvalue weighted by atomic mass is 9.75. The number of nitrogens with zero attached hydrogens (tertiary/aromatic N) is 2. The fourth-order valence-corrected chi connectivity index (χ4v) is 4.24. The monoisotopic (exact) mass is 404 g/mol. The van der Waals surface area contributed by atoms with E-state index in [0.29, 0.717) is 45.5 Å². The third-order valence-electron chi connectivity index (χ3n) is 5.72. The molecule has 1 atom stereocenters. The Labute approximate surface area is 172 Å². The van der Waals surface area contributed by atoms with Crippen LogP contribution in [-0.2, 0) is 25.6 Å². The topological polar surface area (TPSA) is 68.3 Å². The zero-order valence-corrected chi connectivity index (χ0v) is 17.5. The van der Waals surface area contributed by atoms with E-state index in [2.05, 4.69) is 0 Å². The highest BCUT2D eigenvalue weighted by molar-refractivity contribution is 5.81. The van der Waals surface area contributed by atoms with Crippen molar-refractivity contribution in [1.82, 2.24) is 9.96 Å². The molecule has 160 valence electrons. The van der Waals surface area contributed by atoms with Crippen LogP contribution >= 0.6 is 0 Å². The summed E-state index contributed by atoms with van der Waals surface area (Å²) in [5, 5.41) is 1.86. The Bertz CT molecular complexity index is 704. The first-order valence-electron chi connectivity index (χ1n) is 10.5. The molecule has 1 amide bonds. The minimum Gasteiger partial charge on any atom is -0.497 e. The fraction of sp³-hybridized carbons (Fsp3) is 0.636. The molecule has 0 aromatic heterocycles. The largest absolute Gasteiger partial charge is 0.497 e. The van der Waals surface area contributed by atoms with Gasteiger partial charge in [-0.3, -0.25) is 14.4 Å². The van der Waals surface area contributed by atoms with Crippen LogP contribution in [0, 0.1) is 5.41 Å². The number of benzene rings is 1. The van der Waals surface area contributed by atoms with Gasteiger partial charge in [-0.1, -0.05) is 12.1 Å². The maximum absolute atomic E-state index is 13.0. The fourth-order valence-electron chi connectivity index (χ4n) is 4.24. The third-order valence-corrected chi connectivity index (χ3v) is 5.72. The number of likely N-dealkylation sites (tertiary alicyclic amines) is 1. The lowest BCUT2D eigenvalue weighted by molar-refractivity contribution is -0.161. The van der Waals surface area contributed by atoms with Gasteiger partial charge >= 0.3 is 5.97 Å². The van der Waals surface area contributed by atoms with Crippen LogP contribution in [0.25, 0.3) is 0 Å². The summed E-state index contributed by atoms with van der Waals surface area (Å²) in [5.41, 5.74) is 0.289. The molecule has 29 heavy (non-hydrogen) atoms. The van der Waals surface area contributed by atoms with Gasteiger partial charge in [0.15, 0.2) is 0 Å². The van der Waals surface area contributed by atoms with Crippen LogP contribution in [-0.4, -0.2) is 68.3 Å². The lowest BCUT2D eigenvalue weighted by Gasteiger charge is -2.41. The van der Waals surface area contributed by atoms with Gasteiger partial charge in [-0.25, -0.2) is 0 Å². The van der Waals surface area contributed by atoms with Crippen molar-refractivity contribution in [2.24, 2.45) is 5.41 Å². The van der Waals surface area contributed by atoms with Crippen molar-refractivity contribution in [3.8, 4) is 5.75 Å². The van der Waals surface area contributed by atoms with Crippen LogP contribution < -0.4 is 4.74 Å². The van der Waals surface area contributed by atoms with Crippen LogP contribution in [0.3, 0.4) is 0 Å². The van der Waals surface area contributed by atoms with Gasteiger partial charge in [0.05, 0.1) is 25.7 Å². The first-order chi connectivity index (χ1) is 14.1. The normalized spacial score (nSPS) is 22.5. The maximum atomic E-state index is 13.0. The van der Waals surface area contributed by atoms with E-state index in [1.165, 1.54) is 0 Å². The summed E-state index contributed by atoms with van der Waals surface area (Å²) in [7, 11) is 1.63. The molecule has 0 aliphatic carbocycles. The van der Waals surface area contributed by atoms with Gasteiger partial charge in [-0.05, 0) is 50.3 Å². The molecule has 0 radical (unpaired) electrons. The number of carbonyl (C=O) groups excluding carboxylic acids is 2. The molecule has 2 aliphatic rings. The molecule has 7 heteroatoms. The lowest BCUT2D eigenvalue weighted by Crippen LogP contribution is -2.52. The molecule has 0 spiro atoms. The van der Waals surface area contributed by atoms with Gasteiger partial charge < -0.3 is 14.4 Å². The zero-order valence-electron chi connectivity index (χ0n) is 17.5. The van der Waals surface area contributed by atoms with Gasteiger partial charge in [-0.15, -0.1) is 0 Å². The SMILES string of the molecule is CCOC(=O)[C@]1(Cc2cccc(OC)c2)CCCN(C(=O)CCN2CCCO2)C1. The van der Waals surface area contributed by atoms with Crippen molar-refractivity contribution in [3.63, 3.8) is 0 Å². The van der Waals surface area contributed by atoms with E-state index in [1.54, 1.807) is 7.11 Å². The van der Waals surface area contributed by atoms with E-state index in [0.717, 1.165) is 37.3 Å². The molecule has 0 unspecified atom stereocenters. The number of hydrogen-bond acceptors (Lipinski definition) is 6. The zero-order chi connectivity index (χ0) is 20.7. The average molecular weight is 405 g/mol. The van der Waals surface area contributed by atoms with Crippen LogP contribution in [0.1, 0.15) is 38.2 Å². The summed E-state index contributed by atoms with van der Waals surface area (Å²) in [5.74, 6) is 0.610. The minimum absolute atomic E-state index is 0.0690. The number of ether oxygens (including phenoxy) is 2. The van der Waals surface area contributed by atoms with Gasteiger partial charge in [0.1, 0.15) is 5.75 Å². The number of methoxy groups -OCH3 is 1. The van der Waals surface area contributed by atoms with Crippen molar-refractivity contribution < 1.29 is 23.9 Å². The van der Waals surface area contributed by atoms with Crippen molar-refractivity contribution in [2.45, 2.75) is 39.0 Å². The standard InChI is InChI=1S/C22H32N2O5/c1-3-28-21(26)22(16-18-7-4-8-19(15-18)27-2)10-5-11-23(17-22)20(25)9-13-24-12-6-14-29-24/h4,7-8,15H,3,5-6,9-14,16-17H2,1-2H3/t22-/m0/s1. The summed E-state index contributed by atoms with van der Waals surface area (Å²) in [6, 6.07) is 7.76. The highest BCUT2D eigenvalue weighted by Gasteiger charge is 2.44. The molecule has 2 saturated heterocycles. The number of amides is 1. The van der Waals surface area contributed by atoms with E-state index < -0.39 is 5.41 Å². The number of esters is 1. The summed E-state index contributed by atoms with van der Waals surface area (Å²) in [6.07, 6.45) is 3.43. The molecular weight excluding hydrogens is 372 g/mol. The van der Waals surface area contributed by atoms with Gasteiger partial charge in [-0.2, -0.15) is 5.06 Å². The van der Waals surface area contributed by atoms with Gasteiger partial charge in [0.25, 0.3) is 0 Å². The van der Waals surface area contributed by atoms with Crippen molar-refractivity contribution >= 4 is 11.9 Å². The first kappa shape index (κ1) is 21.6. The molecule has 3 rings (SSSR count). The second kappa shape index (κ2) is 10.1. The average Bonchev–Trinajstić information content (AvgIpc) is 3.26. The smallest absolute Gasteiger partial charge is 0.314 e. The molecule has 2 aliphatic heterocycles. The van der Waals surface area contributed by atoms with Gasteiger partial charge in [0.2, 0.25) is 5.91 Å². The molecule has 0 bridgehead atoms. The van der Waals surface area contributed by atoms with Crippen LogP contribution in [0.2, 0.25) is 0 Å². The Hall–Kier alpha value is -2.12. The van der Waals surface area contributed by atoms with Crippen LogP contribution in [0.5, 0.6) is 5.75 Å². The third kappa shape index (κ3) is 5.48. The number of hydrogen-bond donors (Lipinski definition) is 0. The second-order valence-electron chi connectivity index (χ2n) is 7.81. The molecule has 2 heterocycles. The molecular formula is C22H32N2O5. The van der Waals surface area contributed by atoms with Gasteiger partial charge in [0, 0.05) is 32.6 Å². The summed E-state index contributed by atoms with van der Waals surface area (Å²) in [6.45, 7) is 5.41. The van der Waals surface area contributed by atoms with E-state index >= 15 is 0 Å². The maximum Gasteiger partial charge on any atom is 0.314 e. The number of carbonyl (C=O) groups is 2. The Balaban J connectivity index is 1.72. The van der Waals surface area contributed by atoms with Crippen molar-refractivity contribution in [3.05, 3.63) is 29.8 Å². The van der Waals surface area contributed by atoms with E-state index in [9.17, 15) is 9.59 Å². The van der Waals surface area contributed by atoms with E-state index in [-0.39, 0.29) is 11.9 Å². The predicted octanol–water partition coefficient (Wildman–Crippen LogP) is 2.44. The van der Waals surface area contributed by atoms with E-state index in [4.69, 9.17) is 14.3 Å². The van der Waals surface area contributed by atoms with Crippen molar-refractivity contribution in [2.75, 3.05) is 46.5 Å². The van der Waals surface area contributed by atoms with Crippen LogP contribution in [0.4, 0.5) is 0 Å². The second-order valence-corrected chi connectivity index (χ2v) is 7.81. The Morgan fingerprint density at radius 2 is 2.10 bits per heavy atom. The Morgan fingerprint density at radius 3 is 2.83 bits per heavy atom. The molecule has 7 nitrogen and oxygen atoms in total. The predicted molar refractivity (Wildman–Crippen MR) is 108 cm³/mol. The van der Waals surface area contributed by atoms with E-state index in [1.807, 2.05) is 41.2 Å². The number of hydroxylamine groups is 2. The minimum atomic E-state index is -0.722. The Kier molecular flexibility index (Phi) is 7.50. The Morgan fingerprint density at radius 1 is 1.24 bits per heavy atom. The summed E-state index contributed by atoms with van der Waals surface area (Å²) < 4.78 is 10.8. The summed E-state index contributed by atoms with van der Waals surface area (Å²) >= 11 is 0. The number of piperidine rings is 1.